The molecule has 0 unspecified atom stereocenters. The first-order valence-corrected chi connectivity index (χ1v) is 4.07. The third-order valence-corrected chi connectivity index (χ3v) is 2.05. The first kappa shape index (κ1) is 10.3. The van der Waals surface area contributed by atoms with Crippen LogP contribution in [0.1, 0.15) is 5.69 Å². The standard InChI is InChI=1S/C7H5BrF3NO/c1-4-5(8)2-3-6(12-4)13-7(9,10)11/h2-3H,1H3. The van der Waals surface area contributed by atoms with Gasteiger partial charge in [-0.3, -0.25) is 0 Å². The molecule has 1 aromatic heterocycles. The lowest BCUT2D eigenvalue weighted by molar-refractivity contribution is -0.276. The number of aryl methyl sites for hydroxylation is 1. The Morgan fingerprint density at radius 1 is 1.38 bits per heavy atom. The minimum absolute atomic E-state index is 0.446. The maximum atomic E-state index is 11.7. The molecule has 0 aliphatic heterocycles. The van der Waals surface area contributed by atoms with Crippen LogP contribution in [-0.2, 0) is 0 Å². The molecule has 0 fully saturated rings. The predicted octanol–water partition coefficient (Wildman–Crippen LogP) is 3.05. The second-order valence-electron chi connectivity index (χ2n) is 2.26. The zero-order valence-electron chi connectivity index (χ0n) is 6.52. The molecule has 13 heavy (non-hydrogen) atoms. The van der Waals surface area contributed by atoms with Crippen LogP contribution in [0.25, 0.3) is 0 Å². The van der Waals surface area contributed by atoms with Crippen LogP contribution >= 0.6 is 15.9 Å². The van der Waals surface area contributed by atoms with Crippen molar-refractivity contribution in [1.29, 1.82) is 0 Å². The lowest BCUT2D eigenvalue weighted by Crippen LogP contribution is -2.18. The van der Waals surface area contributed by atoms with Crippen molar-refractivity contribution in [1.82, 2.24) is 4.98 Å². The van der Waals surface area contributed by atoms with E-state index in [2.05, 4.69) is 25.7 Å². The summed E-state index contributed by atoms with van der Waals surface area (Å²) < 4.78 is 39.3. The van der Waals surface area contributed by atoms with Crippen molar-refractivity contribution in [2.45, 2.75) is 13.3 Å². The minimum atomic E-state index is -4.69. The van der Waals surface area contributed by atoms with E-state index in [0.29, 0.717) is 10.2 Å². The summed E-state index contributed by atoms with van der Waals surface area (Å²) >= 11 is 3.11. The molecule has 0 aromatic carbocycles. The summed E-state index contributed by atoms with van der Waals surface area (Å²) in [6, 6.07) is 2.59. The van der Waals surface area contributed by atoms with E-state index in [1.54, 1.807) is 6.92 Å². The molecule has 0 amide bonds. The van der Waals surface area contributed by atoms with E-state index in [-0.39, 0.29) is 0 Å². The van der Waals surface area contributed by atoms with E-state index < -0.39 is 12.2 Å². The number of hydrogen-bond acceptors (Lipinski definition) is 2. The van der Waals surface area contributed by atoms with Gasteiger partial charge in [0, 0.05) is 10.5 Å². The third kappa shape index (κ3) is 3.22. The molecule has 0 bridgehead atoms. The van der Waals surface area contributed by atoms with Gasteiger partial charge in [0.1, 0.15) is 0 Å². The number of pyridine rings is 1. The molecule has 2 nitrogen and oxygen atoms in total. The average molecular weight is 256 g/mol. The number of halogens is 4. The van der Waals surface area contributed by atoms with Gasteiger partial charge in [0.05, 0.1) is 5.69 Å². The number of aromatic nitrogens is 1. The molecular formula is C7H5BrF3NO. The largest absolute Gasteiger partial charge is 0.574 e. The smallest absolute Gasteiger partial charge is 0.388 e. The first-order chi connectivity index (χ1) is 5.88. The SMILES string of the molecule is Cc1nc(OC(F)(F)F)ccc1Br. The monoisotopic (exact) mass is 255 g/mol. The fourth-order valence-corrected chi connectivity index (χ4v) is 0.917. The van der Waals surface area contributed by atoms with Crippen molar-refractivity contribution >= 4 is 15.9 Å². The molecule has 0 aliphatic rings. The van der Waals surface area contributed by atoms with Crippen molar-refractivity contribution < 1.29 is 17.9 Å². The van der Waals surface area contributed by atoms with Crippen molar-refractivity contribution in [3.8, 4) is 5.88 Å². The Labute approximate surface area is 80.9 Å². The van der Waals surface area contributed by atoms with Gasteiger partial charge in [0.15, 0.2) is 0 Å². The van der Waals surface area contributed by atoms with Crippen LogP contribution in [0, 0.1) is 6.92 Å². The van der Waals surface area contributed by atoms with Gasteiger partial charge in [-0.25, -0.2) is 4.98 Å². The van der Waals surface area contributed by atoms with Crippen LogP contribution in [0.3, 0.4) is 0 Å². The molecule has 0 radical (unpaired) electrons. The zero-order valence-corrected chi connectivity index (χ0v) is 8.11. The highest BCUT2D eigenvalue weighted by molar-refractivity contribution is 9.10. The number of ether oxygens (including phenoxy) is 1. The van der Waals surface area contributed by atoms with Crippen molar-refractivity contribution in [2.24, 2.45) is 0 Å². The third-order valence-electron chi connectivity index (χ3n) is 1.22. The van der Waals surface area contributed by atoms with Gasteiger partial charge in [0.2, 0.25) is 5.88 Å². The van der Waals surface area contributed by atoms with Gasteiger partial charge < -0.3 is 4.74 Å². The summed E-state index contributed by atoms with van der Waals surface area (Å²) in [5.41, 5.74) is 0.446. The Morgan fingerprint density at radius 2 is 2.00 bits per heavy atom. The molecule has 1 aromatic rings. The van der Waals surface area contributed by atoms with E-state index in [9.17, 15) is 13.2 Å². The van der Waals surface area contributed by atoms with Crippen LogP contribution < -0.4 is 4.74 Å². The Bertz CT molecular complexity index is 313. The molecule has 72 valence electrons. The first-order valence-electron chi connectivity index (χ1n) is 3.27. The fourth-order valence-electron chi connectivity index (χ4n) is 0.696. The number of nitrogens with zero attached hydrogens (tertiary/aromatic N) is 1. The second-order valence-corrected chi connectivity index (χ2v) is 3.12. The number of alkyl halides is 3. The minimum Gasteiger partial charge on any atom is -0.388 e. The summed E-state index contributed by atoms with van der Waals surface area (Å²) in [7, 11) is 0. The van der Waals surface area contributed by atoms with Crippen LogP contribution in [0.4, 0.5) is 13.2 Å². The lowest BCUT2D eigenvalue weighted by Gasteiger charge is -2.08. The van der Waals surface area contributed by atoms with Crippen LogP contribution in [0.2, 0.25) is 0 Å². The Kier molecular flexibility index (Phi) is 2.80. The topological polar surface area (TPSA) is 22.1 Å². The molecule has 6 heteroatoms. The summed E-state index contributed by atoms with van der Waals surface area (Å²) in [4.78, 5) is 3.57. The Hall–Kier alpha value is -0.780. The van der Waals surface area contributed by atoms with Gasteiger partial charge in [-0.2, -0.15) is 0 Å². The summed E-state index contributed by atoms with van der Waals surface area (Å²) in [5, 5.41) is 0. The van der Waals surface area contributed by atoms with Gasteiger partial charge in [-0.05, 0) is 28.9 Å². The highest BCUT2D eigenvalue weighted by Crippen LogP contribution is 2.23. The van der Waals surface area contributed by atoms with Crippen LogP contribution in [0.15, 0.2) is 16.6 Å². The average Bonchev–Trinajstić information content (AvgIpc) is 1.94. The van der Waals surface area contributed by atoms with Gasteiger partial charge in [-0.15, -0.1) is 13.2 Å². The van der Waals surface area contributed by atoms with Crippen molar-refractivity contribution in [2.75, 3.05) is 0 Å². The van der Waals surface area contributed by atoms with Gasteiger partial charge in [0.25, 0.3) is 0 Å². The summed E-state index contributed by atoms with van der Waals surface area (Å²) in [5.74, 6) is -0.451. The van der Waals surface area contributed by atoms with Crippen LogP contribution in [0.5, 0.6) is 5.88 Å². The van der Waals surface area contributed by atoms with Crippen molar-refractivity contribution in [3.63, 3.8) is 0 Å². The molecule has 1 rings (SSSR count). The summed E-state index contributed by atoms with van der Waals surface area (Å²) in [6.07, 6.45) is -4.69. The van der Waals surface area contributed by atoms with Gasteiger partial charge >= 0.3 is 6.36 Å². The van der Waals surface area contributed by atoms with E-state index >= 15 is 0 Å². The molecule has 0 spiro atoms. The van der Waals surface area contributed by atoms with E-state index in [4.69, 9.17) is 0 Å². The maximum Gasteiger partial charge on any atom is 0.574 e. The molecule has 0 atom stereocenters. The normalized spacial score (nSPS) is 11.5. The van der Waals surface area contributed by atoms with Crippen LogP contribution in [-0.4, -0.2) is 11.3 Å². The quantitative estimate of drug-likeness (QED) is 0.770. The molecule has 0 N–H and O–H groups in total. The highest BCUT2D eigenvalue weighted by Gasteiger charge is 2.31. The van der Waals surface area contributed by atoms with E-state index in [0.717, 1.165) is 6.07 Å². The second kappa shape index (κ2) is 3.53. The lowest BCUT2D eigenvalue weighted by atomic mass is 10.4. The molecule has 0 aliphatic carbocycles. The Balaban J connectivity index is 2.86. The molecule has 1 heterocycles. The molecule has 0 saturated carbocycles. The zero-order chi connectivity index (χ0) is 10.1. The number of rotatable bonds is 1. The molecule has 0 saturated heterocycles. The molecular weight excluding hydrogens is 251 g/mol. The Morgan fingerprint density at radius 3 is 2.46 bits per heavy atom. The van der Waals surface area contributed by atoms with Crippen molar-refractivity contribution in [3.05, 3.63) is 22.3 Å². The highest BCUT2D eigenvalue weighted by atomic mass is 79.9. The van der Waals surface area contributed by atoms with E-state index in [1.165, 1.54) is 6.07 Å². The number of hydrogen-bond donors (Lipinski definition) is 0. The maximum absolute atomic E-state index is 11.7. The van der Waals surface area contributed by atoms with Gasteiger partial charge in [-0.1, -0.05) is 0 Å². The van der Waals surface area contributed by atoms with E-state index in [1.807, 2.05) is 0 Å². The predicted molar refractivity (Wildman–Crippen MR) is 43.4 cm³/mol. The summed E-state index contributed by atoms with van der Waals surface area (Å²) in [6.45, 7) is 1.58. The fraction of sp³-hybridized carbons (Fsp3) is 0.286.